The Morgan fingerprint density at radius 1 is 1.22 bits per heavy atom. The number of aliphatic hydroxyl groups excluding tert-OH is 1. The first kappa shape index (κ1) is 13.0. The van der Waals surface area contributed by atoms with Gasteiger partial charge < -0.3 is 15.9 Å². The Morgan fingerprint density at radius 2 is 1.94 bits per heavy atom. The highest BCUT2D eigenvalue weighted by Crippen LogP contribution is 2.39. The maximum atomic E-state index is 10.2. The maximum Gasteiger partial charge on any atom is 0.123 e. The van der Waals surface area contributed by atoms with Crippen LogP contribution in [0.25, 0.3) is 0 Å². The summed E-state index contributed by atoms with van der Waals surface area (Å²) in [5.74, 6) is 0.136. The summed E-state index contributed by atoms with van der Waals surface area (Å²) in [6, 6.07) is 5.91. The molecule has 0 fully saturated rings. The minimum absolute atomic E-state index is 0.111. The van der Waals surface area contributed by atoms with Crippen LogP contribution in [0.4, 0.5) is 5.82 Å². The number of hydrogen-bond acceptors (Lipinski definition) is 4. The molecule has 1 atom stereocenters. The Labute approximate surface area is 114 Å². The van der Waals surface area contributed by atoms with Crippen LogP contribution in [-0.4, -0.2) is 15.2 Å². The molecule has 0 aliphatic carbocycles. The van der Waals surface area contributed by atoms with Gasteiger partial charge in [-0.1, -0.05) is 23.2 Å². The van der Waals surface area contributed by atoms with E-state index >= 15 is 0 Å². The molecule has 2 aromatic rings. The lowest BCUT2D eigenvalue weighted by molar-refractivity contribution is 0.215. The van der Waals surface area contributed by atoms with E-state index in [2.05, 4.69) is 4.98 Å². The molecule has 0 bridgehead atoms. The molecule has 6 heteroatoms. The fourth-order valence-electron chi connectivity index (χ4n) is 1.62. The van der Waals surface area contributed by atoms with Crippen molar-refractivity contribution in [2.24, 2.45) is 0 Å². The minimum Gasteiger partial charge on any atom is -0.508 e. The number of benzene rings is 1. The molecule has 0 saturated heterocycles. The summed E-state index contributed by atoms with van der Waals surface area (Å²) in [5.41, 5.74) is 6.16. The van der Waals surface area contributed by atoms with E-state index in [4.69, 9.17) is 28.9 Å². The van der Waals surface area contributed by atoms with Gasteiger partial charge >= 0.3 is 0 Å². The maximum absolute atomic E-state index is 10.2. The zero-order chi connectivity index (χ0) is 13.3. The molecule has 0 spiro atoms. The number of nitrogen functional groups attached to an aromatic ring is 1. The normalized spacial score (nSPS) is 12.4. The van der Waals surface area contributed by atoms with Crippen LogP contribution in [0, 0.1) is 0 Å². The fraction of sp³-hybridized carbons (Fsp3) is 0.0833. The third-order valence-corrected chi connectivity index (χ3v) is 3.32. The summed E-state index contributed by atoms with van der Waals surface area (Å²) in [6.07, 6.45) is 0.338. The average Bonchev–Trinajstić information content (AvgIpc) is 2.34. The molecule has 0 radical (unpaired) electrons. The average molecular weight is 285 g/mol. The second kappa shape index (κ2) is 5.02. The first-order valence-electron chi connectivity index (χ1n) is 5.07. The van der Waals surface area contributed by atoms with Crippen molar-refractivity contribution in [2.45, 2.75) is 6.10 Å². The Hall–Kier alpha value is -1.49. The lowest BCUT2D eigenvalue weighted by atomic mass is 10.0. The van der Waals surface area contributed by atoms with E-state index in [-0.39, 0.29) is 27.2 Å². The molecule has 94 valence electrons. The number of aromatic hydroxyl groups is 1. The number of hydrogen-bond donors (Lipinski definition) is 3. The number of aromatic nitrogens is 1. The van der Waals surface area contributed by atoms with E-state index in [1.165, 1.54) is 24.4 Å². The second-order valence-electron chi connectivity index (χ2n) is 3.71. The predicted molar refractivity (Wildman–Crippen MR) is 70.8 cm³/mol. The van der Waals surface area contributed by atoms with Gasteiger partial charge in [-0.05, 0) is 29.8 Å². The lowest BCUT2D eigenvalue weighted by Crippen LogP contribution is -2.03. The fourth-order valence-corrected chi connectivity index (χ4v) is 2.05. The molecule has 1 aromatic heterocycles. The summed E-state index contributed by atoms with van der Waals surface area (Å²) >= 11 is 11.8. The van der Waals surface area contributed by atoms with E-state index in [0.717, 1.165) is 0 Å². The third-order valence-electron chi connectivity index (χ3n) is 2.50. The summed E-state index contributed by atoms with van der Waals surface area (Å²) in [4.78, 5) is 3.82. The van der Waals surface area contributed by atoms with Crippen molar-refractivity contribution in [1.29, 1.82) is 0 Å². The number of halogens is 2. The van der Waals surface area contributed by atoms with Gasteiger partial charge in [-0.15, -0.1) is 0 Å². The largest absolute Gasteiger partial charge is 0.508 e. The molecule has 0 aliphatic heterocycles. The number of nitrogens with two attached hydrogens (primary N) is 1. The smallest absolute Gasteiger partial charge is 0.123 e. The van der Waals surface area contributed by atoms with E-state index in [0.29, 0.717) is 5.56 Å². The molecule has 1 aromatic carbocycles. The molecule has 0 aliphatic rings. The number of rotatable bonds is 2. The Kier molecular flexibility index (Phi) is 3.61. The first-order chi connectivity index (χ1) is 8.50. The lowest BCUT2D eigenvalue weighted by Gasteiger charge is -2.15. The second-order valence-corrected chi connectivity index (χ2v) is 4.50. The molecule has 0 amide bonds. The van der Waals surface area contributed by atoms with E-state index in [9.17, 15) is 10.2 Å². The van der Waals surface area contributed by atoms with Gasteiger partial charge in [0.05, 0.1) is 10.0 Å². The molecular weight excluding hydrogens is 275 g/mol. The van der Waals surface area contributed by atoms with Gasteiger partial charge in [0.1, 0.15) is 17.7 Å². The Morgan fingerprint density at radius 3 is 2.61 bits per heavy atom. The van der Waals surface area contributed by atoms with E-state index in [1.54, 1.807) is 6.07 Å². The summed E-state index contributed by atoms with van der Waals surface area (Å²) in [7, 11) is 0. The number of phenolic OH excluding ortho intramolecular Hbond substituents is 1. The highest BCUT2D eigenvalue weighted by atomic mass is 35.5. The topological polar surface area (TPSA) is 79.4 Å². The van der Waals surface area contributed by atoms with Crippen LogP contribution in [0.1, 0.15) is 17.2 Å². The van der Waals surface area contributed by atoms with Crippen LogP contribution < -0.4 is 5.73 Å². The molecule has 2 rings (SSSR count). The molecule has 4 N–H and O–H groups in total. The van der Waals surface area contributed by atoms with Crippen LogP contribution in [0.2, 0.25) is 10.0 Å². The highest BCUT2D eigenvalue weighted by molar-refractivity contribution is 6.42. The van der Waals surface area contributed by atoms with E-state index in [1.807, 2.05) is 0 Å². The molecular formula is C12H10Cl2N2O2. The quantitative estimate of drug-likeness (QED) is 0.792. The first-order valence-corrected chi connectivity index (χ1v) is 5.82. The number of nitrogens with zero attached hydrogens (tertiary/aromatic N) is 1. The molecule has 18 heavy (non-hydrogen) atoms. The van der Waals surface area contributed by atoms with Gasteiger partial charge in [-0.3, -0.25) is 0 Å². The third kappa shape index (κ3) is 2.36. The van der Waals surface area contributed by atoms with E-state index < -0.39 is 6.10 Å². The molecule has 4 nitrogen and oxygen atoms in total. The van der Waals surface area contributed by atoms with Gasteiger partial charge in [-0.2, -0.15) is 0 Å². The summed E-state index contributed by atoms with van der Waals surface area (Å²) < 4.78 is 0. The van der Waals surface area contributed by atoms with Gasteiger partial charge in [0.2, 0.25) is 0 Å². The van der Waals surface area contributed by atoms with Gasteiger partial charge in [-0.25, -0.2) is 4.98 Å². The highest BCUT2D eigenvalue weighted by Gasteiger charge is 2.20. The van der Waals surface area contributed by atoms with Crippen molar-refractivity contribution in [1.82, 2.24) is 4.98 Å². The molecule has 0 unspecified atom stereocenters. The summed E-state index contributed by atoms with van der Waals surface area (Å²) in [5, 5.41) is 20.3. The number of phenols is 1. The SMILES string of the molecule is Nc1cc([C@H](O)c2c(O)ccc(Cl)c2Cl)ccn1. The van der Waals surface area contributed by atoms with Crippen molar-refractivity contribution in [3.63, 3.8) is 0 Å². The Bertz CT molecular complexity index is 590. The van der Waals surface area contributed by atoms with Crippen molar-refractivity contribution in [2.75, 3.05) is 5.73 Å². The van der Waals surface area contributed by atoms with Crippen LogP contribution in [0.15, 0.2) is 30.5 Å². The van der Waals surface area contributed by atoms with Crippen molar-refractivity contribution in [3.05, 3.63) is 51.6 Å². The number of pyridine rings is 1. The number of anilines is 1. The molecule has 1 heterocycles. The number of aliphatic hydroxyl groups is 1. The predicted octanol–water partition coefficient (Wildman–Crippen LogP) is 2.76. The summed E-state index contributed by atoms with van der Waals surface area (Å²) in [6.45, 7) is 0. The van der Waals surface area contributed by atoms with Gasteiger partial charge in [0.25, 0.3) is 0 Å². The van der Waals surface area contributed by atoms with Crippen molar-refractivity contribution in [3.8, 4) is 5.75 Å². The Balaban J connectivity index is 2.52. The molecule has 0 saturated carbocycles. The monoisotopic (exact) mass is 284 g/mol. The van der Waals surface area contributed by atoms with Crippen molar-refractivity contribution < 1.29 is 10.2 Å². The standard InChI is InChI=1S/C12H10Cl2N2O2/c13-7-1-2-8(17)10(11(7)14)12(18)6-3-4-16-9(15)5-6/h1-5,12,17-18H,(H2,15,16)/t12-/m0/s1. The van der Waals surface area contributed by atoms with Crippen LogP contribution in [-0.2, 0) is 0 Å². The minimum atomic E-state index is -1.12. The zero-order valence-electron chi connectivity index (χ0n) is 9.14. The van der Waals surface area contributed by atoms with Gasteiger partial charge in [0.15, 0.2) is 0 Å². The van der Waals surface area contributed by atoms with Crippen LogP contribution in [0.5, 0.6) is 5.75 Å². The van der Waals surface area contributed by atoms with Gasteiger partial charge in [0, 0.05) is 11.8 Å². The van der Waals surface area contributed by atoms with Crippen LogP contribution in [0.3, 0.4) is 0 Å². The van der Waals surface area contributed by atoms with Crippen molar-refractivity contribution >= 4 is 29.0 Å². The van der Waals surface area contributed by atoms with Crippen LogP contribution >= 0.6 is 23.2 Å². The zero-order valence-corrected chi connectivity index (χ0v) is 10.7.